The number of nitrogens with zero attached hydrogens (tertiary/aromatic N) is 3. The van der Waals surface area contributed by atoms with Gasteiger partial charge in [0.25, 0.3) is 0 Å². The summed E-state index contributed by atoms with van der Waals surface area (Å²) in [4.78, 5) is 0.340. The van der Waals surface area contributed by atoms with Crippen LogP contribution in [0.4, 0.5) is 13.2 Å². The summed E-state index contributed by atoms with van der Waals surface area (Å²) in [6.45, 7) is 5.35. The van der Waals surface area contributed by atoms with Crippen LogP contribution in [0, 0.1) is 0 Å². The van der Waals surface area contributed by atoms with Crippen molar-refractivity contribution in [3.63, 3.8) is 0 Å². The molecule has 1 atom stereocenters. The molecule has 0 fully saturated rings. The Morgan fingerprint density at radius 3 is 2.36 bits per heavy atom. The normalized spacial score (nSPS) is 22.6. The van der Waals surface area contributed by atoms with Crippen molar-refractivity contribution in [2.45, 2.75) is 45.7 Å². The zero-order valence-corrected chi connectivity index (χ0v) is 8.41. The molecule has 1 aliphatic rings. The highest BCUT2D eigenvalue weighted by Crippen LogP contribution is 2.29. The minimum atomic E-state index is -4.34. The SMILES string of the molecule is CCC1N(C(C)C)N=CN1C(F)(F)F. The van der Waals surface area contributed by atoms with Gasteiger partial charge in [0.05, 0.1) is 0 Å². The molecule has 0 amide bonds. The summed E-state index contributed by atoms with van der Waals surface area (Å²) in [6, 6.07) is -0.0245. The smallest absolute Gasteiger partial charge is 0.270 e. The highest BCUT2D eigenvalue weighted by molar-refractivity contribution is 5.57. The van der Waals surface area contributed by atoms with Gasteiger partial charge in [-0.1, -0.05) is 6.92 Å². The second-order valence-electron chi connectivity index (χ2n) is 3.47. The van der Waals surface area contributed by atoms with Gasteiger partial charge >= 0.3 is 6.30 Å². The molecule has 0 radical (unpaired) electrons. The van der Waals surface area contributed by atoms with Crippen LogP contribution in [0.15, 0.2) is 5.10 Å². The Morgan fingerprint density at radius 1 is 1.43 bits per heavy atom. The van der Waals surface area contributed by atoms with E-state index in [2.05, 4.69) is 5.10 Å². The summed E-state index contributed by atoms with van der Waals surface area (Å²) < 4.78 is 37.3. The number of halogens is 3. The third-order valence-corrected chi connectivity index (χ3v) is 2.12. The molecule has 0 aromatic rings. The molecule has 0 spiro atoms. The number of hydrogen-bond donors (Lipinski definition) is 0. The summed E-state index contributed by atoms with van der Waals surface area (Å²) >= 11 is 0. The van der Waals surface area contributed by atoms with Crippen molar-refractivity contribution in [2.75, 3.05) is 0 Å². The van der Waals surface area contributed by atoms with E-state index in [0.29, 0.717) is 11.3 Å². The first-order chi connectivity index (χ1) is 6.38. The van der Waals surface area contributed by atoms with Crippen LogP contribution in [0.3, 0.4) is 0 Å². The van der Waals surface area contributed by atoms with Gasteiger partial charge in [0.15, 0.2) is 0 Å². The maximum absolute atomic E-state index is 12.4. The average molecular weight is 209 g/mol. The molecule has 3 nitrogen and oxygen atoms in total. The topological polar surface area (TPSA) is 18.8 Å². The van der Waals surface area contributed by atoms with Gasteiger partial charge in [0, 0.05) is 6.04 Å². The minimum Gasteiger partial charge on any atom is -0.270 e. The van der Waals surface area contributed by atoms with E-state index in [0.717, 1.165) is 6.34 Å². The Balaban J connectivity index is 2.80. The first-order valence-corrected chi connectivity index (χ1v) is 4.55. The second-order valence-corrected chi connectivity index (χ2v) is 3.47. The van der Waals surface area contributed by atoms with Gasteiger partial charge in [-0.25, -0.2) is 0 Å². The van der Waals surface area contributed by atoms with E-state index < -0.39 is 12.5 Å². The third kappa shape index (κ3) is 1.93. The number of rotatable bonds is 2. The number of hydrogen-bond acceptors (Lipinski definition) is 3. The first kappa shape index (κ1) is 11.1. The van der Waals surface area contributed by atoms with Gasteiger partial charge in [-0.05, 0) is 20.3 Å². The predicted octanol–water partition coefficient (Wildman–Crippen LogP) is 2.21. The van der Waals surface area contributed by atoms with E-state index in [1.54, 1.807) is 6.92 Å². The lowest BCUT2D eigenvalue weighted by Gasteiger charge is -2.32. The van der Waals surface area contributed by atoms with Crippen LogP contribution in [0.2, 0.25) is 0 Å². The van der Waals surface area contributed by atoms with E-state index in [4.69, 9.17) is 0 Å². The van der Waals surface area contributed by atoms with E-state index in [-0.39, 0.29) is 6.04 Å². The zero-order valence-electron chi connectivity index (χ0n) is 8.41. The van der Waals surface area contributed by atoms with Crippen LogP contribution in [0.1, 0.15) is 27.2 Å². The van der Waals surface area contributed by atoms with Crippen molar-refractivity contribution < 1.29 is 13.2 Å². The molecule has 0 saturated carbocycles. The molecule has 1 rings (SSSR count). The summed E-state index contributed by atoms with van der Waals surface area (Å²) in [5, 5.41) is 5.22. The Kier molecular flexibility index (Phi) is 2.92. The van der Waals surface area contributed by atoms with E-state index in [1.165, 1.54) is 5.01 Å². The van der Waals surface area contributed by atoms with Crippen molar-refractivity contribution >= 4 is 6.34 Å². The Morgan fingerprint density at radius 2 is 2.00 bits per heavy atom. The number of hydrazone groups is 1. The Hall–Kier alpha value is -0.940. The average Bonchev–Trinajstić information content (AvgIpc) is 2.45. The fraction of sp³-hybridized carbons (Fsp3) is 0.875. The molecule has 14 heavy (non-hydrogen) atoms. The minimum absolute atomic E-state index is 0.0245. The molecule has 0 bridgehead atoms. The van der Waals surface area contributed by atoms with Gasteiger partial charge in [-0.3, -0.25) is 9.91 Å². The van der Waals surface area contributed by atoms with Crippen LogP contribution in [0.25, 0.3) is 0 Å². The second kappa shape index (κ2) is 3.67. The summed E-state index contributed by atoms with van der Waals surface area (Å²) in [5.41, 5.74) is 0. The fourth-order valence-corrected chi connectivity index (χ4v) is 1.49. The van der Waals surface area contributed by atoms with Gasteiger partial charge in [-0.2, -0.15) is 5.10 Å². The first-order valence-electron chi connectivity index (χ1n) is 4.55. The quantitative estimate of drug-likeness (QED) is 0.649. The van der Waals surface area contributed by atoms with E-state index >= 15 is 0 Å². The molecule has 1 aliphatic heterocycles. The molecule has 0 aliphatic carbocycles. The summed E-state index contributed by atoms with van der Waals surface area (Å²) in [5.74, 6) is 0. The lowest BCUT2D eigenvalue weighted by atomic mass is 10.3. The van der Waals surface area contributed by atoms with Crippen molar-refractivity contribution in [1.82, 2.24) is 9.91 Å². The van der Waals surface area contributed by atoms with Crippen molar-refractivity contribution in [3.8, 4) is 0 Å². The highest BCUT2D eigenvalue weighted by atomic mass is 19.4. The van der Waals surface area contributed by atoms with Gasteiger partial charge < -0.3 is 0 Å². The highest BCUT2D eigenvalue weighted by Gasteiger charge is 2.45. The van der Waals surface area contributed by atoms with Gasteiger partial charge in [0.1, 0.15) is 12.5 Å². The zero-order chi connectivity index (χ0) is 10.9. The third-order valence-electron chi connectivity index (χ3n) is 2.12. The van der Waals surface area contributed by atoms with Crippen LogP contribution >= 0.6 is 0 Å². The molecule has 82 valence electrons. The van der Waals surface area contributed by atoms with Crippen molar-refractivity contribution in [2.24, 2.45) is 5.10 Å². The largest absolute Gasteiger partial charge is 0.487 e. The molecule has 0 aromatic heterocycles. The van der Waals surface area contributed by atoms with Crippen molar-refractivity contribution in [1.29, 1.82) is 0 Å². The summed E-state index contributed by atoms with van der Waals surface area (Å²) in [7, 11) is 0. The van der Waals surface area contributed by atoms with Crippen LogP contribution in [0.5, 0.6) is 0 Å². The molecule has 0 saturated heterocycles. The Bertz CT molecular complexity index is 224. The maximum atomic E-state index is 12.4. The maximum Gasteiger partial charge on any atom is 0.487 e. The lowest BCUT2D eigenvalue weighted by Crippen LogP contribution is -2.48. The fourth-order valence-electron chi connectivity index (χ4n) is 1.49. The van der Waals surface area contributed by atoms with Gasteiger partial charge in [0.2, 0.25) is 0 Å². The molecule has 0 N–H and O–H groups in total. The monoisotopic (exact) mass is 209 g/mol. The van der Waals surface area contributed by atoms with Crippen molar-refractivity contribution in [3.05, 3.63) is 0 Å². The van der Waals surface area contributed by atoms with E-state index in [9.17, 15) is 13.2 Å². The molecular formula is C8H14F3N3. The molecule has 1 unspecified atom stereocenters. The molecule has 0 aromatic carbocycles. The van der Waals surface area contributed by atoms with E-state index in [1.807, 2.05) is 13.8 Å². The van der Waals surface area contributed by atoms with Gasteiger partial charge in [-0.15, -0.1) is 13.2 Å². The number of alkyl halides is 3. The molecule has 6 heteroatoms. The van der Waals surface area contributed by atoms with Crippen LogP contribution < -0.4 is 0 Å². The summed E-state index contributed by atoms with van der Waals surface area (Å²) in [6.07, 6.45) is -3.80. The van der Waals surface area contributed by atoms with Crippen LogP contribution in [-0.4, -0.2) is 34.8 Å². The standard InChI is InChI=1S/C8H14F3N3/c1-4-7-13(8(9,10)11)5-12-14(7)6(2)3/h5-7H,4H2,1-3H3. The lowest BCUT2D eigenvalue weighted by molar-refractivity contribution is -0.236. The molecule has 1 heterocycles. The molecular weight excluding hydrogens is 195 g/mol. The Labute approximate surface area is 81.2 Å². The van der Waals surface area contributed by atoms with Crippen LogP contribution in [-0.2, 0) is 0 Å². The predicted molar refractivity (Wildman–Crippen MR) is 47.4 cm³/mol.